The lowest BCUT2D eigenvalue weighted by molar-refractivity contribution is 0.0651. The van der Waals surface area contributed by atoms with E-state index in [0.29, 0.717) is 5.92 Å². The van der Waals surface area contributed by atoms with Gasteiger partial charge in [0.25, 0.3) is 0 Å². The van der Waals surface area contributed by atoms with Gasteiger partial charge in [0.2, 0.25) is 0 Å². The fourth-order valence-corrected chi connectivity index (χ4v) is 2.70. The second kappa shape index (κ2) is 6.27. The Hall–Kier alpha value is -0.730. The molecule has 2 nitrogen and oxygen atoms in total. The molecule has 1 heterocycles. The molecule has 0 aliphatic carbocycles. The van der Waals surface area contributed by atoms with Crippen LogP contribution in [0.5, 0.6) is 5.75 Å². The number of rotatable bonds is 4. The molecule has 1 aliphatic heterocycles. The van der Waals surface area contributed by atoms with E-state index in [2.05, 4.69) is 12.1 Å². The van der Waals surface area contributed by atoms with Gasteiger partial charge in [0.15, 0.2) is 0 Å². The van der Waals surface area contributed by atoms with Gasteiger partial charge in [-0.05, 0) is 42.9 Å². The van der Waals surface area contributed by atoms with Crippen molar-refractivity contribution >= 4 is 11.6 Å². The van der Waals surface area contributed by atoms with Gasteiger partial charge in [0.1, 0.15) is 5.75 Å². The molecule has 94 valence electrons. The summed E-state index contributed by atoms with van der Waals surface area (Å²) in [5, 5.41) is 0.200. The van der Waals surface area contributed by atoms with Crippen molar-refractivity contribution in [1.29, 1.82) is 0 Å². The van der Waals surface area contributed by atoms with Crippen molar-refractivity contribution in [1.82, 2.24) is 0 Å². The van der Waals surface area contributed by atoms with Crippen LogP contribution in [-0.2, 0) is 11.2 Å². The van der Waals surface area contributed by atoms with Gasteiger partial charge in [-0.1, -0.05) is 12.1 Å². The average Bonchev–Trinajstić information content (AvgIpc) is 2.40. The van der Waals surface area contributed by atoms with E-state index in [9.17, 15) is 0 Å². The first-order valence-corrected chi connectivity index (χ1v) is 6.58. The fraction of sp³-hybridized carbons (Fsp3) is 0.571. The van der Waals surface area contributed by atoms with E-state index in [1.807, 2.05) is 12.1 Å². The van der Waals surface area contributed by atoms with E-state index in [0.717, 1.165) is 38.2 Å². The summed E-state index contributed by atoms with van der Waals surface area (Å²) in [6.45, 7) is 1.71. The maximum atomic E-state index is 6.49. The number of benzene rings is 1. The maximum Gasteiger partial charge on any atom is 0.119 e. The molecular weight excluding hydrogens is 236 g/mol. The molecule has 17 heavy (non-hydrogen) atoms. The molecule has 1 aliphatic rings. The van der Waals surface area contributed by atoms with Gasteiger partial charge in [-0.25, -0.2) is 0 Å². The van der Waals surface area contributed by atoms with E-state index in [1.54, 1.807) is 7.11 Å². The van der Waals surface area contributed by atoms with Crippen molar-refractivity contribution in [2.45, 2.75) is 24.6 Å². The zero-order chi connectivity index (χ0) is 12.1. The molecule has 1 atom stereocenters. The molecule has 1 unspecified atom stereocenters. The molecule has 1 aromatic carbocycles. The van der Waals surface area contributed by atoms with Crippen LogP contribution in [0.15, 0.2) is 24.3 Å². The lowest BCUT2D eigenvalue weighted by atomic mass is 9.92. The van der Waals surface area contributed by atoms with Crippen molar-refractivity contribution in [3.8, 4) is 5.75 Å². The summed E-state index contributed by atoms with van der Waals surface area (Å²) in [6.07, 6.45) is 3.07. The Bertz CT molecular complexity index is 348. The molecule has 2 rings (SSSR count). The third-order valence-corrected chi connectivity index (χ3v) is 3.85. The van der Waals surface area contributed by atoms with Crippen molar-refractivity contribution in [3.05, 3.63) is 29.8 Å². The Balaban J connectivity index is 1.94. The van der Waals surface area contributed by atoms with Gasteiger partial charge in [-0.15, -0.1) is 11.6 Å². The minimum Gasteiger partial charge on any atom is -0.497 e. The minimum absolute atomic E-state index is 0.200. The van der Waals surface area contributed by atoms with E-state index in [4.69, 9.17) is 21.1 Å². The minimum atomic E-state index is 0.200. The highest BCUT2D eigenvalue weighted by molar-refractivity contribution is 6.20. The van der Waals surface area contributed by atoms with Gasteiger partial charge >= 0.3 is 0 Å². The van der Waals surface area contributed by atoms with Gasteiger partial charge < -0.3 is 9.47 Å². The molecule has 0 N–H and O–H groups in total. The second-order valence-electron chi connectivity index (χ2n) is 4.52. The van der Waals surface area contributed by atoms with Crippen LogP contribution >= 0.6 is 11.6 Å². The number of halogens is 1. The average molecular weight is 255 g/mol. The summed E-state index contributed by atoms with van der Waals surface area (Å²) in [6, 6.07) is 8.15. The van der Waals surface area contributed by atoms with E-state index in [1.165, 1.54) is 5.56 Å². The number of hydrogen-bond donors (Lipinski definition) is 0. The summed E-state index contributed by atoms with van der Waals surface area (Å²) in [4.78, 5) is 0. The molecule has 1 aromatic rings. The molecule has 0 aromatic heterocycles. The first-order valence-electron chi connectivity index (χ1n) is 6.14. The highest BCUT2D eigenvalue weighted by Crippen LogP contribution is 2.26. The van der Waals surface area contributed by atoms with Crippen LogP contribution < -0.4 is 4.74 Å². The predicted molar refractivity (Wildman–Crippen MR) is 69.9 cm³/mol. The zero-order valence-corrected chi connectivity index (χ0v) is 11.0. The van der Waals surface area contributed by atoms with E-state index in [-0.39, 0.29) is 5.38 Å². The SMILES string of the molecule is COc1cccc(CC(Cl)C2CCOCC2)c1. The third kappa shape index (κ3) is 3.62. The number of alkyl halides is 1. The molecule has 0 radical (unpaired) electrons. The fourth-order valence-electron chi connectivity index (χ4n) is 2.27. The Morgan fingerprint density at radius 1 is 1.41 bits per heavy atom. The van der Waals surface area contributed by atoms with Crippen LogP contribution in [0.1, 0.15) is 18.4 Å². The number of methoxy groups -OCH3 is 1. The highest BCUT2D eigenvalue weighted by atomic mass is 35.5. The van der Waals surface area contributed by atoms with Crippen LogP contribution in [0.4, 0.5) is 0 Å². The second-order valence-corrected chi connectivity index (χ2v) is 5.08. The number of hydrogen-bond acceptors (Lipinski definition) is 2. The van der Waals surface area contributed by atoms with Crippen LogP contribution in [0.25, 0.3) is 0 Å². The first kappa shape index (κ1) is 12.7. The van der Waals surface area contributed by atoms with Crippen LogP contribution in [0, 0.1) is 5.92 Å². The van der Waals surface area contributed by atoms with Crippen molar-refractivity contribution in [2.24, 2.45) is 5.92 Å². The normalized spacial score (nSPS) is 18.9. The zero-order valence-electron chi connectivity index (χ0n) is 10.2. The quantitative estimate of drug-likeness (QED) is 0.768. The predicted octanol–water partition coefficient (Wildman–Crippen LogP) is 3.27. The number of ether oxygens (including phenoxy) is 2. The Kier molecular flexibility index (Phi) is 4.69. The van der Waals surface area contributed by atoms with E-state index < -0.39 is 0 Å². The summed E-state index contributed by atoms with van der Waals surface area (Å²) in [5.74, 6) is 1.48. The van der Waals surface area contributed by atoms with Gasteiger partial charge in [-0.2, -0.15) is 0 Å². The van der Waals surface area contributed by atoms with Crippen molar-refractivity contribution in [3.63, 3.8) is 0 Å². The third-order valence-electron chi connectivity index (χ3n) is 3.34. The van der Waals surface area contributed by atoms with Crippen LogP contribution in [0.3, 0.4) is 0 Å². The van der Waals surface area contributed by atoms with Crippen molar-refractivity contribution < 1.29 is 9.47 Å². The van der Waals surface area contributed by atoms with Gasteiger partial charge in [0.05, 0.1) is 7.11 Å². The molecule has 0 amide bonds. The summed E-state index contributed by atoms with van der Waals surface area (Å²) in [5.41, 5.74) is 1.25. The lowest BCUT2D eigenvalue weighted by Gasteiger charge is -2.26. The lowest BCUT2D eigenvalue weighted by Crippen LogP contribution is -2.25. The largest absolute Gasteiger partial charge is 0.497 e. The highest BCUT2D eigenvalue weighted by Gasteiger charge is 2.22. The first-order chi connectivity index (χ1) is 8.29. The molecule has 3 heteroatoms. The van der Waals surface area contributed by atoms with Crippen LogP contribution in [0.2, 0.25) is 0 Å². The molecule has 0 saturated carbocycles. The molecular formula is C14H19ClO2. The Labute approximate surface area is 108 Å². The molecule has 0 bridgehead atoms. The Morgan fingerprint density at radius 3 is 2.88 bits per heavy atom. The topological polar surface area (TPSA) is 18.5 Å². The van der Waals surface area contributed by atoms with Gasteiger partial charge in [0, 0.05) is 18.6 Å². The van der Waals surface area contributed by atoms with Crippen molar-refractivity contribution in [2.75, 3.05) is 20.3 Å². The summed E-state index contributed by atoms with van der Waals surface area (Å²) < 4.78 is 10.6. The molecule has 1 saturated heterocycles. The standard InChI is InChI=1S/C14H19ClO2/c1-16-13-4-2-3-11(9-13)10-14(15)12-5-7-17-8-6-12/h2-4,9,12,14H,5-8,10H2,1H3. The molecule has 0 spiro atoms. The smallest absolute Gasteiger partial charge is 0.119 e. The Morgan fingerprint density at radius 2 is 2.18 bits per heavy atom. The summed E-state index contributed by atoms with van der Waals surface area (Å²) in [7, 11) is 1.69. The maximum absolute atomic E-state index is 6.49. The monoisotopic (exact) mass is 254 g/mol. The molecule has 1 fully saturated rings. The summed E-state index contributed by atoms with van der Waals surface area (Å²) >= 11 is 6.49. The van der Waals surface area contributed by atoms with Crippen LogP contribution in [-0.4, -0.2) is 25.7 Å². The van der Waals surface area contributed by atoms with E-state index >= 15 is 0 Å². The van der Waals surface area contributed by atoms with Gasteiger partial charge in [-0.3, -0.25) is 0 Å².